The summed E-state index contributed by atoms with van der Waals surface area (Å²) < 4.78 is 38.2. The molecule has 2 heterocycles. The third-order valence-electron chi connectivity index (χ3n) is 4.13. The van der Waals surface area contributed by atoms with E-state index < -0.39 is 17.8 Å². The number of piperazine rings is 1. The SMILES string of the molecule is Cn1ncc(CN2CCN(C(=O)Nc3cccc(C(F)(F)F)c3)CC2)n1. The quantitative estimate of drug-likeness (QED) is 0.902. The lowest BCUT2D eigenvalue weighted by Crippen LogP contribution is -2.49. The van der Waals surface area contributed by atoms with Gasteiger partial charge < -0.3 is 10.2 Å². The zero-order chi connectivity index (χ0) is 18.7. The number of carbonyl (C=O) groups is 1. The van der Waals surface area contributed by atoms with Gasteiger partial charge in [0.25, 0.3) is 0 Å². The number of hydrogen-bond acceptors (Lipinski definition) is 4. The number of amides is 2. The van der Waals surface area contributed by atoms with Crippen LogP contribution in [-0.2, 0) is 19.8 Å². The van der Waals surface area contributed by atoms with Gasteiger partial charge in [-0.3, -0.25) is 4.90 Å². The van der Waals surface area contributed by atoms with Gasteiger partial charge >= 0.3 is 12.2 Å². The molecule has 0 aliphatic carbocycles. The smallest absolute Gasteiger partial charge is 0.322 e. The Hall–Kier alpha value is -2.62. The lowest BCUT2D eigenvalue weighted by molar-refractivity contribution is -0.137. The van der Waals surface area contributed by atoms with Crippen molar-refractivity contribution in [1.82, 2.24) is 24.8 Å². The van der Waals surface area contributed by atoms with Crippen LogP contribution in [0.25, 0.3) is 0 Å². The molecule has 0 unspecified atom stereocenters. The number of urea groups is 1. The van der Waals surface area contributed by atoms with Crippen LogP contribution in [0.3, 0.4) is 0 Å². The summed E-state index contributed by atoms with van der Waals surface area (Å²) in [6, 6.07) is 4.22. The minimum atomic E-state index is -4.44. The Labute approximate surface area is 148 Å². The van der Waals surface area contributed by atoms with Gasteiger partial charge in [-0.15, -0.1) is 0 Å². The molecule has 10 heteroatoms. The Bertz CT molecular complexity index is 767. The Balaban J connectivity index is 1.52. The Kier molecular flexibility index (Phi) is 5.12. The van der Waals surface area contributed by atoms with E-state index in [0.717, 1.165) is 17.8 Å². The number of nitrogens with one attached hydrogen (secondary N) is 1. The molecule has 0 radical (unpaired) electrons. The third kappa shape index (κ3) is 4.51. The average Bonchev–Trinajstić information content (AvgIpc) is 3.00. The van der Waals surface area contributed by atoms with Crippen LogP contribution in [0.5, 0.6) is 0 Å². The van der Waals surface area contributed by atoms with E-state index in [1.54, 1.807) is 18.1 Å². The molecule has 1 aromatic heterocycles. The number of anilines is 1. The van der Waals surface area contributed by atoms with Gasteiger partial charge in [-0.05, 0) is 18.2 Å². The van der Waals surface area contributed by atoms with E-state index in [-0.39, 0.29) is 5.69 Å². The summed E-state index contributed by atoms with van der Waals surface area (Å²) >= 11 is 0. The second-order valence-electron chi connectivity index (χ2n) is 6.10. The molecule has 26 heavy (non-hydrogen) atoms. The first-order valence-electron chi connectivity index (χ1n) is 8.12. The summed E-state index contributed by atoms with van der Waals surface area (Å²) in [6.45, 7) is 2.95. The maximum Gasteiger partial charge on any atom is 0.416 e. The van der Waals surface area contributed by atoms with Crippen molar-refractivity contribution in [2.45, 2.75) is 12.7 Å². The molecule has 1 aliphatic rings. The topological polar surface area (TPSA) is 66.3 Å². The number of alkyl halides is 3. The number of aromatic nitrogens is 3. The highest BCUT2D eigenvalue weighted by Crippen LogP contribution is 2.30. The standard InChI is InChI=1S/C16H19F3N6O/c1-23-20-10-14(22-23)11-24-5-7-25(8-6-24)15(26)21-13-4-2-3-12(9-13)16(17,18)19/h2-4,9-10H,5-8,11H2,1H3,(H,21,26). The monoisotopic (exact) mass is 368 g/mol. The van der Waals surface area contributed by atoms with Crippen LogP contribution in [0.1, 0.15) is 11.3 Å². The van der Waals surface area contributed by atoms with Crippen molar-refractivity contribution in [3.05, 3.63) is 41.7 Å². The molecule has 1 saturated heterocycles. The number of nitrogens with zero attached hydrogens (tertiary/aromatic N) is 5. The van der Waals surface area contributed by atoms with Crippen molar-refractivity contribution in [2.75, 3.05) is 31.5 Å². The maximum atomic E-state index is 12.7. The predicted molar refractivity (Wildman–Crippen MR) is 88.3 cm³/mol. The molecule has 1 N–H and O–H groups in total. The molecular formula is C16H19F3N6O. The Morgan fingerprint density at radius 3 is 2.58 bits per heavy atom. The van der Waals surface area contributed by atoms with Gasteiger partial charge in [0.2, 0.25) is 0 Å². The zero-order valence-electron chi connectivity index (χ0n) is 14.2. The predicted octanol–water partition coefficient (Wildman–Crippen LogP) is 2.18. The molecule has 3 rings (SSSR count). The van der Waals surface area contributed by atoms with E-state index in [9.17, 15) is 18.0 Å². The van der Waals surface area contributed by atoms with Crippen molar-refractivity contribution < 1.29 is 18.0 Å². The van der Waals surface area contributed by atoms with Crippen molar-refractivity contribution >= 4 is 11.7 Å². The van der Waals surface area contributed by atoms with Crippen LogP contribution < -0.4 is 5.32 Å². The second kappa shape index (κ2) is 7.32. The molecule has 0 bridgehead atoms. The lowest BCUT2D eigenvalue weighted by atomic mass is 10.2. The number of carbonyl (C=O) groups excluding carboxylic acids is 1. The second-order valence-corrected chi connectivity index (χ2v) is 6.10. The van der Waals surface area contributed by atoms with Crippen LogP contribution in [0.15, 0.2) is 30.5 Å². The summed E-state index contributed by atoms with van der Waals surface area (Å²) in [7, 11) is 1.75. The molecule has 0 spiro atoms. The van der Waals surface area contributed by atoms with Crippen molar-refractivity contribution in [3.8, 4) is 0 Å². The molecule has 0 atom stereocenters. The normalized spacial score (nSPS) is 15.9. The molecule has 2 aromatic rings. The van der Waals surface area contributed by atoms with Crippen LogP contribution in [0.4, 0.5) is 23.7 Å². The first-order chi connectivity index (χ1) is 12.3. The molecular weight excluding hydrogens is 349 g/mol. The molecule has 1 aliphatic heterocycles. The van der Waals surface area contributed by atoms with E-state index in [1.165, 1.54) is 16.9 Å². The summed E-state index contributed by atoms with van der Waals surface area (Å²) in [5.41, 5.74) is 0.199. The fourth-order valence-electron chi connectivity index (χ4n) is 2.77. The van der Waals surface area contributed by atoms with E-state index in [4.69, 9.17) is 0 Å². The first-order valence-corrected chi connectivity index (χ1v) is 8.12. The van der Waals surface area contributed by atoms with Crippen LogP contribution in [0, 0.1) is 0 Å². The number of halogens is 3. The Morgan fingerprint density at radius 1 is 1.23 bits per heavy atom. The minimum Gasteiger partial charge on any atom is -0.322 e. The van der Waals surface area contributed by atoms with Crippen molar-refractivity contribution in [1.29, 1.82) is 0 Å². The average molecular weight is 368 g/mol. The highest BCUT2D eigenvalue weighted by Gasteiger charge is 2.30. The number of rotatable bonds is 3. The fourth-order valence-corrected chi connectivity index (χ4v) is 2.77. The van der Waals surface area contributed by atoms with Crippen molar-refractivity contribution in [2.24, 2.45) is 7.05 Å². The number of aryl methyl sites for hydroxylation is 1. The van der Waals surface area contributed by atoms with Gasteiger partial charge in [0, 0.05) is 45.5 Å². The zero-order valence-corrected chi connectivity index (χ0v) is 14.2. The van der Waals surface area contributed by atoms with Crippen LogP contribution >= 0.6 is 0 Å². The van der Waals surface area contributed by atoms with E-state index >= 15 is 0 Å². The highest BCUT2D eigenvalue weighted by molar-refractivity contribution is 5.89. The number of benzene rings is 1. The first kappa shape index (κ1) is 18.2. The van der Waals surface area contributed by atoms with Gasteiger partial charge in [0.05, 0.1) is 17.5 Å². The maximum absolute atomic E-state index is 12.7. The van der Waals surface area contributed by atoms with E-state index in [1.807, 2.05) is 0 Å². The molecule has 0 saturated carbocycles. The number of hydrogen-bond donors (Lipinski definition) is 1. The van der Waals surface area contributed by atoms with E-state index in [0.29, 0.717) is 32.7 Å². The Morgan fingerprint density at radius 2 is 1.96 bits per heavy atom. The minimum absolute atomic E-state index is 0.131. The van der Waals surface area contributed by atoms with Gasteiger partial charge in [-0.25, -0.2) is 4.79 Å². The summed E-state index contributed by atoms with van der Waals surface area (Å²) in [6.07, 6.45) is -2.74. The van der Waals surface area contributed by atoms with Gasteiger partial charge in [0.1, 0.15) is 0 Å². The fraction of sp³-hybridized carbons (Fsp3) is 0.438. The molecule has 140 valence electrons. The summed E-state index contributed by atoms with van der Waals surface area (Å²) in [5, 5.41) is 10.8. The summed E-state index contributed by atoms with van der Waals surface area (Å²) in [4.78, 5) is 17.5. The van der Waals surface area contributed by atoms with Crippen molar-refractivity contribution in [3.63, 3.8) is 0 Å². The molecule has 2 amide bonds. The van der Waals surface area contributed by atoms with Gasteiger partial charge in [-0.2, -0.15) is 28.2 Å². The van der Waals surface area contributed by atoms with Crippen LogP contribution in [-0.4, -0.2) is 57.0 Å². The van der Waals surface area contributed by atoms with Gasteiger partial charge in [0.15, 0.2) is 0 Å². The third-order valence-corrected chi connectivity index (χ3v) is 4.13. The largest absolute Gasteiger partial charge is 0.416 e. The van der Waals surface area contributed by atoms with Gasteiger partial charge in [-0.1, -0.05) is 6.07 Å². The molecule has 7 nitrogen and oxygen atoms in total. The highest BCUT2D eigenvalue weighted by atomic mass is 19.4. The molecule has 1 aromatic carbocycles. The van der Waals surface area contributed by atoms with E-state index in [2.05, 4.69) is 20.4 Å². The summed E-state index contributed by atoms with van der Waals surface area (Å²) in [5.74, 6) is 0. The lowest BCUT2D eigenvalue weighted by Gasteiger charge is -2.34. The molecule has 1 fully saturated rings. The van der Waals surface area contributed by atoms with Crippen LogP contribution in [0.2, 0.25) is 0 Å².